The van der Waals surface area contributed by atoms with Crippen molar-refractivity contribution in [2.75, 3.05) is 0 Å². The van der Waals surface area contributed by atoms with E-state index in [0.717, 1.165) is 15.6 Å². The molecule has 2 aromatic rings. The standard InChI is InChI=1S/C16H16BrClO/c1-10(2)11-3-5-12(6-4-11)16(19)14-9-13(18)7-8-15(14)17/h3-10,16,19H,1-2H3. The van der Waals surface area contributed by atoms with Crippen molar-refractivity contribution in [3.63, 3.8) is 0 Å². The van der Waals surface area contributed by atoms with Gasteiger partial charge in [0, 0.05) is 15.1 Å². The zero-order chi connectivity index (χ0) is 14.0. The average molecular weight is 340 g/mol. The molecule has 100 valence electrons. The molecule has 0 bridgehead atoms. The zero-order valence-electron chi connectivity index (χ0n) is 10.9. The second-order valence-electron chi connectivity index (χ2n) is 4.89. The first-order valence-corrected chi connectivity index (χ1v) is 7.39. The molecule has 19 heavy (non-hydrogen) atoms. The Morgan fingerprint density at radius 2 is 1.58 bits per heavy atom. The molecule has 2 rings (SSSR count). The minimum atomic E-state index is -0.672. The molecule has 0 fully saturated rings. The van der Waals surface area contributed by atoms with Crippen molar-refractivity contribution in [3.05, 3.63) is 68.7 Å². The van der Waals surface area contributed by atoms with Gasteiger partial charge in [-0.25, -0.2) is 0 Å². The molecule has 0 saturated carbocycles. The predicted octanol–water partition coefficient (Wildman–Crippen LogP) is 5.31. The lowest BCUT2D eigenvalue weighted by Crippen LogP contribution is -2.01. The van der Waals surface area contributed by atoms with Crippen LogP contribution in [0, 0.1) is 0 Å². The van der Waals surface area contributed by atoms with Gasteiger partial charge in [-0.05, 0) is 35.2 Å². The highest BCUT2D eigenvalue weighted by Crippen LogP contribution is 2.31. The molecule has 0 aliphatic carbocycles. The number of aliphatic hydroxyl groups excluding tert-OH is 1. The van der Waals surface area contributed by atoms with Gasteiger partial charge in [0.05, 0.1) is 0 Å². The van der Waals surface area contributed by atoms with E-state index in [2.05, 4.69) is 41.9 Å². The smallest absolute Gasteiger partial charge is 0.105 e. The summed E-state index contributed by atoms with van der Waals surface area (Å²) < 4.78 is 0.859. The van der Waals surface area contributed by atoms with Gasteiger partial charge in [0.1, 0.15) is 6.10 Å². The fraction of sp³-hybridized carbons (Fsp3) is 0.250. The van der Waals surface area contributed by atoms with Crippen molar-refractivity contribution in [3.8, 4) is 0 Å². The summed E-state index contributed by atoms with van der Waals surface area (Å²) in [5.41, 5.74) is 2.92. The minimum absolute atomic E-state index is 0.490. The van der Waals surface area contributed by atoms with Crippen LogP contribution in [0.3, 0.4) is 0 Å². The summed E-state index contributed by atoms with van der Waals surface area (Å²) in [7, 11) is 0. The Balaban J connectivity index is 2.33. The summed E-state index contributed by atoms with van der Waals surface area (Å²) in [6.07, 6.45) is -0.672. The first kappa shape index (κ1) is 14.6. The SMILES string of the molecule is CC(C)c1ccc(C(O)c2cc(Cl)ccc2Br)cc1. The van der Waals surface area contributed by atoms with Crippen LogP contribution in [0.15, 0.2) is 46.9 Å². The topological polar surface area (TPSA) is 20.2 Å². The Hall–Kier alpha value is -0.830. The Bertz CT molecular complexity index is 563. The van der Waals surface area contributed by atoms with E-state index in [1.54, 1.807) is 12.1 Å². The quantitative estimate of drug-likeness (QED) is 0.803. The second kappa shape index (κ2) is 6.08. The van der Waals surface area contributed by atoms with Crippen molar-refractivity contribution < 1.29 is 5.11 Å². The van der Waals surface area contributed by atoms with Gasteiger partial charge >= 0.3 is 0 Å². The van der Waals surface area contributed by atoms with Crippen LogP contribution in [-0.2, 0) is 0 Å². The normalized spacial score (nSPS) is 12.7. The average Bonchev–Trinajstić information content (AvgIpc) is 2.41. The van der Waals surface area contributed by atoms with E-state index in [1.807, 2.05) is 18.2 Å². The molecule has 0 aromatic heterocycles. The Morgan fingerprint density at radius 1 is 1.00 bits per heavy atom. The fourth-order valence-electron chi connectivity index (χ4n) is 1.97. The van der Waals surface area contributed by atoms with E-state index in [4.69, 9.17) is 11.6 Å². The molecule has 2 aromatic carbocycles. The molecule has 1 unspecified atom stereocenters. The van der Waals surface area contributed by atoms with Crippen LogP contribution in [0.5, 0.6) is 0 Å². The molecule has 0 aliphatic heterocycles. The number of aliphatic hydroxyl groups is 1. The van der Waals surface area contributed by atoms with Gasteiger partial charge in [-0.3, -0.25) is 0 Å². The third-order valence-electron chi connectivity index (χ3n) is 3.17. The molecule has 3 heteroatoms. The van der Waals surface area contributed by atoms with Crippen LogP contribution in [0.2, 0.25) is 5.02 Å². The summed E-state index contributed by atoms with van der Waals surface area (Å²) in [6, 6.07) is 13.5. The van der Waals surface area contributed by atoms with Gasteiger partial charge in [0.2, 0.25) is 0 Å². The molecule has 0 spiro atoms. The molecular weight excluding hydrogens is 324 g/mol. The summed E-state index contributed by atoms with van der Waals surface area (Å²) in [5.74, 6) is 0.490. The van der Waals surface area contributed by atoms with E-state index in [-0.39, 0.29) is 0 Å². The van der Waals surface area contributed by atoms with Gasteiger partial charge in [-0.2, -0.15) is 0 Å². The molecular formula is C16H16BrClO. The van der Waals surface area contributed by atoms with Crippen LogP contribution >= 0.6 is 27.5 Å². The summed E-state index contributed by atoms with van der Waals surface area (Å²) >= 11 is 9.43. The Morgan fingerprint density at radius 3 is 2.16 bits per heavy atom. The summed E-state index contributed by atoms with van der Waals surface area (Å²) in [4.78, 5) is 0. The molecule has 0 saturated heterocycles. The fourth-order valence-corrected chi connectivity index (χ4v) is 2.61. The molecule has 0 amide bonds. The maximum absolute atomic E-state index is 10.4. The van der Waals surface area contributed by atoms with Crippen LogP contribution in [0.1, 0.15) is 42.6 Å². The monoisotopic (exact) mass is 338 g/mol. The molecule has 1 nitrogen and oxygen atoms in total. The van der Waals surface area contributed by atoms with Gasteiger partial charge in [0.15, 0.2) is 0 Å². The third kappa shape index (κ3) is 3.38. The summed E-state index contributed by atoms with van der Waals surface area (Å²) in [6.45, 7) is 4.30. The second-order valence-corrected chi connectivity index (χ2v) is 6.18. The van der Waals surface area contributed by atoms with Gasteiger partial charge < -0.3 is 5.11 Å². The van der Waals surface area contributed by atoms with E-state index in [0.29, 0.717) is 10.9 Å². The Kier molecular flexibility index (Phi) is 4.67. The molecule has 0 heterocycles. The lowest BCUT2D eigenvalue weighted by molar-refractivity contribution is 0.219. The number of rotatable bonds is 3. The van der Waals surface area contributed by atoms with Crippen LogP contribution < -0.4 is 0 Å². The van der Waals surface area contributed by atoms with Gasteiger partial charge in [0.25, 0.3) is 0 Å². The highest BCUT2D eigenvalue weighted by atomic mass is 79.9. The lowest BCUT2D eigenvalue weighted by atomic mass is 9.97. The number of halogens is 2. The molecule has 1 N–H and O–H groups in total. The predicted molar refractivity (Wildman–Crippen MR) is 83.7 cm³/mol. The van der Waals surface area contributed by atoms with Crippen LogP contribution in [0.4, 0.5) is 0 Å². The minimum Gasteiger partial charge on any atom is -0.384 e. The van der Waals surface area contributed by atoms with Gasteiger partial charge in [-0.1, -0.05) is 65.6 Å². The summed E-state index contributed by atoms with van der Waals surface area (Å²) in [5, 5.41) is 11.1. The highest BCUT2D eigenvalue weighted by molar-refractivity contribution is 9.10. The first-order chi connectivity index (χ1) is 8.99. The highest BCUT2D eigenvalue weighted by Gasteiger charge is 2.14. The zero-order valence-corrected chi connectivity index (χ0v) is 13.2. The third-order valence-corrected chi connectivity index (χ3v) is 4.13. The van der Waals surface area contributed by atoms with Crippen molar-refractivity contribution >= 4 is 27.5 Å². The van der Waals surface area contributed by atoms with E-state index < -0.39 is 6.10 Å². The number of hydrogen-bond donors (Lipinski definition) is 1. The van der Waals surface area contributed by atoms with E-state index in [9.17, 15) is 5.11 Å². The van der Waals surface area contributed by atoms with Crippen molar-refractivity contribution in [1.29, 1.82) is 0 Å². The maximum Gasteiger partial charge on any atom is 0.105 e. The Labute approximate surface area is 127 Å². The van der Waals surface area contributed by atoms with Crippen LogP contribution in [-0.4, -0.2) is 5.11 Å². The van der Waals surface area contributed by atoms with Crippen molar-refractivity contribution in [1.82, 2.24) is 0 Å². The van der Waals surface area contributed by atoms with Crippen molar-refractivity contribution in [2.45, 2.75) is 25.9 Å². The molecule has 0 radical (unpaired) electrons. The largest absolute Gasteiger partial charge is 0.384 e. The van der Waals surface area contributed by atoms with Gasteiger partial charge in [-0.15, -0.1) is 0 Å². The number of hydrogen-bond acceptors (Lipinski definition) is 1. The van der Waals surface area contributed by atoms with Crippen LogP contribution in [0.25, 0.3) is 0 Å². The lowest BCUT2D eigenvalue weighted by Gasteiger charge is -2.15. The maximum atomic E-state index is 10.4. The molecule has 0 aliphatic rings. The molecule has 1 atom stereocenters. The van der Waals surface area contributed by atoms with E-state index >= 15 is 0 Å². The number of benzene rings is 2. The van der Waals surface area contributed by atoms with Crippen molar-refractivity contribution in [2.24, 2.45) is 0 Å². The first-order valence-electron chi connectivity index (χ1n) is 6.22. The van der Waals surface area contributed by atoms with E-state index in [1.165, 1.54) is 5.56 Å².